The molecule has 0 aliphatic heterocycles. The largest absolute Gasteiger partial charge is 0.493 e. The minimum absolute atomic E-state index is 0.126. The van der Waals surface area contributed by atoms with Gasteiger partial charge in [0.15, 0.2) is 11.5 Å². The maximum absolute atomic E-state index is 13.5. The second-order valence-corrected chi connectivity index (χ2v) is 6.23. The molecular formula is C21H25FN2O3. The molecular weight excluding hydrogens is 347 g/mol. The maximum atomic E-state index is 13.5. The van der Waals surface area contributed by atoms with Crippen LogP contribution >= 0.6 is 0 Å². The van der Waals surface area contributed by atoms with Crippen molar-refractivity contribution in [1.29, 1.82) is 0 Å². The van der Waals surface area contributed by atoms with Crippen molar-refractivity contribution in [2.75, 3.05) is 34.9 Å². The summed E-state index contributed by atoms with van der Waals surface area (Å²) in [6.07, 6.45) is 3.16. The molecule has 0 spiro atoms. The summed E-state index contributed by atoms with van der Waals surface area (Å²) in [6, 6.07) is 11.7. The van der Waals surface area contributed by atoms with Crippen molar-refractivity contribution < 1.29 is 18.7 Å². The first-order chi connectivity index (χ1) is 12.9. The van der Waals surface area contributed by atoms with Gasteiger partial charge in [0.25, 0.3) is 0 Å². The zero-order valence-corrected chi connectivity index (χ0v) is 16.0. The van der Waals surface area contributed by atoms with Crippen molar-refractivity contribution >= 4 is 12.0 Å². The first-order valence-corrected chi connectivity index (χ1v) is 8.54. The average molecular weight is 372 g/mol. The molecule has 0 saturated heterocycles. The molecule has 0 saturated carbocycles. The number of carbonyl (C=O) groups excluding carboxylic acids is 1. The third-order valence-electron chi connectivity index (χ3n) is 4.16. The highest BCUT2D eigenvalue weighted by molar-refractivity contribution is 5.91. The smallest absolute Gasteiger partial charge is 0.244 e. The molecule has 2 aromatic rings. The fourth-order valence-corrected chi connectivity index (χ4v) is 2.70. The van der Waals surface area contributed by atoms with Crippen molar-refractivity contribution in [3.63, 3.8) is 0 Å². The number of hydrogen-bond acceptors (Lipinski definition) is 4. The molecule has 1 N–H and O–H groups in total. The number of nitrogens with zero attached hydrogens (tertiary/aromatic N) is 1. The Morgan fingerprint density at radius 1 is 1.15 bits per heavy atom. The standard InChI is InChI=1S/C21H25FN2O3/c1-24(2)18(16-6-5-7-17(22)13-16)14-23-21(25)11-9-15-8-10-19(26-3)20(12-15)27-4/h5-13,18H,14H2,1-4H3,(H,23,25)/b11-9+. The van der Waals surface area contributed by atoms with E-state index in [9.17, 15) is 9.18 Å². The third-order valence-corrected chi connectivity index (χ3v) is 4.16. The molecule has 0 heterocycles. The fraction of sp³-hybridized carbons (Fsp3) is 0.286. The summed E-state index contributed by atoms with van der Waals surface area (Å²) in [5.74, 6) is 0.703. The molecule has 27 heavy (non-hydrogen) atoms. The highest BCUT2D eigenvalue weighted by atomic mass is 19.1. The second-order valence-electron chi connectivity index (χ2n) is 6.23. The molecule has 0 aromatic heterocycles. The number of hydrogen-bond donors (Lipinski definition) is 1. The van der Waals surface area contributed by atoms with Crippen LogP contribution in [-0.4, -0.2) is 45.7 Å². The van der Waals surface area contributed by atoms with Crippen molar-refractivity contribution in [2.24, 2.45) is 0 Å². The van der Waals surface area contributed by atoms with E-state index in [-0.39, 0.29) is 17.8 Å². The molecule has 2 aromatic carbocycles. The van der Waals surface area contributed by atoms with Gasteiger partial charge in [-0.3, -0.25) is 4.79 Å². The van der Waals surface area contributed by atoms with Crippen LogP contribution in [0.25, 0.3) is 6.08 Å². The quantitative estimate of drug-likeness (QED) is 0.723. The van der Waals surface area contributed by atoms with Gasteiger partial charge in [-0.15, -0.1) is 0 Å². The summed E-state index contributed by atoms with van der Waals surface area (Å²) < 4.78 is 23.9. The summed E-state index contributed by atoms with van der Waals surface area (Å²) in [4.78, 5) is 14.1. The van der Waals surface area contributed by atoms with Crippen LogP contribution in [-0.2, 0) is 4.79 Å². The van der Waals surface area contributed by atoms with Crippen LogP contribution in [0.2, 0.25) is 0 Å². The van der Waals surface area contributed by atoms with Crippen LogP contribution in [0.5, 0.6) is 11.5 Å². The van der Waals surface area contributed by atoms with Crippen molar-refractivity contribution in [1.82, 2.24) is 10.2 Å². The number of carbonyl (C=O) groups is 1. The Morgan fingerprint density at radius 2 is 1.89 bits per heavy atom. The fourth-order valence-electron chi connectivity index (χ4n) is 2.70. The number of halogens is 1. The van der Waals surface area contributed by atoms with E-state index in [0.717, 1.165) is 11.1 Å². The van der Waals surface area contributed by atoms with Gasteiger partial charge in [-0.25, -0.2) is 4.39 Å². The second kappa shape index (κ2) is 9.73. The van der Waals surface area contributed by atoms with E-state index in [1.54, 1.807) is 38.5 Å². The van der Waals surface area contributed by atoms with Gasteiger partial charge in [-0.05, 0) is 55.6 Å². The normalized spacial score (nSPS) is 12.2. The van der Waals surface area contributed by atoms with Gasteiger partial charge in [-0.1, -0.05) is 18.2 Å². The summed E-state index contributed by atoms with van der Waals surface area (Å²) >= 11 is 0. The minimum atomic E-state index is -0.293. The number of ether oxygens (including phenoxy) is 2. The Kier molecular flexibility index (Phi) is 7.37. The summed E-state index contributed by atoms with van der Waals surface area (Å²) in [5.41, 5.74) is 1.63. The van der Waals surface area contributed by atoms with E-state index in [1.807, 2.05) is 31.1 Å². The highest BCUT2D eigenvalue weighted by Crippen LogP contribution is 2.28. The van der Waals surface area contributed by atoms with Crippen molar-refractivity contribution in [3.05, 3.63) is 65.5 Å². The molecule has 1 atom stereocenters. The molecule has 0 aliphatic carbocycles. The van der Waals surface area contributed by atoms with Crippen LogP contribution in [0.4, 0.5) is 4.39 Å². The molecule has 2 rings (SSSR count). The number of nitrogens with one attached hydrogen (secondary N) is 1. The van der Waals surface area contributed by atoms with Gasteiger partial charge in [-0.2, -0.15) is 0 Å². The first kappa shape index (κ1) is 20.5. The molecule has 5 nitrogen and oxygen atoms in total. The van der Waals surface area contributed by atoms with Crippen LogP contribution in [0.1, 0.15) is 17.2 Å². The van der Waals surface area contributed by atoms with Crippen molar-refractivity contribution in [3.8, 4) is 11.5 Å². The van der Waals surface area contributed by atoms with Crippen molar-refractivity contribution in [2.45, 2.75) is 6.04 Å². The van der Waals surface area contributed by atoms with Gasteiger partial charge < -0.3 is 19.7 Å². The maximum Gasteiger partial charge on any atom is 0.244 e. The molecule has 6 heteroatoms. The lowest BCUT2D eigenvalue weighted by molar-refractivity contribution is -0.116. The van der Waals surface area contributed by atoms with Crippen LogP contribution in [0.3, 0.4) is 0 Å². The van der Waals surface area contributed by atoms with E-state index in [4.69, 9.17) is 9.47 Å². The number of rotatable bonds is 8. The summed E-state index contributed by atoms with van der Waals surface area (Å²) in [6.45, 7) is 0.367. The van der Waals surface area contributed by atoms with E-state index < -0.39 is 0 Å². The first-order valence-electron chi connectivity index (χ1n) is 8.54. The van der Waals surface area contributed by atoms with E-state index in [0.29, 0.717) is 18.0 Å². The van der Waals surface area contributed by atoms with Crippen LogP contribution < -0.4 is 14.8 Å². The predicted molar refractivity (Wildman–Crippen MR) is 104 cm³/mol. The average Bonchev–Trinajstić information content (AvgIpc) is 2.66. The molecule has 1 unspecified atom stereocenters. The zero-order valence-electron chi connectivity index (χ0n) is 16.0. The lowest BCUT2D eigenvalue weighted by Gasteiger charge is -2.24. The summed E-state index contributed by atoms with van der Waals surface area (Å²) in [7, 11) is 6.91. The summed E-state index contributed by atoms with van der Waals surface area (Å²) in [5, 5.41) is 2.86. The topological polar surface area (TPSA) is 50.8 Å². The molecule has 0 bridgehead atoms. The predicted octanol–water partition coefficient (Wildman–Crippen LogP) is 3.28. The molecule has 0 aliphatic rings. The monoisotopic (exact) mass is 372 g/mol. The third kappa shape index (κ3) is 5.82. The molecule has 144 valence electrons. The van der Waals surface area contributed by atoms with Crippen LogP contribution in [0, 0.1) is 5.82 Å². The lowest BCUT2D eigenvalue weighted by Crippen LogP contribution is -2.33. The lowest BCUT2D eigenvalue weighted by atomic mass is 10.1. The minimum Gasteiger partial charge on any atom is -0.493 e. The molecule has 1 amide bonds. The van der Waals surface area contributed by atoms with E-state index in [2.05, 4.69) is 5.32 Å². The Hall–Kier alpha value is -2.86. The van der Waals surface area contributed by atoms with Gasteiger partial charge in [0.1, 0.15) is 5.82 Å². The van der Waals surface area contributed by atoms with Gasteiger partial charge >= 0.3 is 0 Å². The Bertz CT molecular complexity index is 806. The number of amides is 1. The zero-order chi connectivity index (χ0) is 19.8. The molecule has 0 radical (unpaired) electrons. The number of methoxy groups -OCH3 is 2. The van der Waals surface area contributed by atoms with Crippen LogP contribution in [0.15, 0.2) is 48.5 Å². The molecule has 0 fully saturated rings. The van der Waals surface area contributed by atoms with Gasteiger partial charge in [0, 0.05) is 12.6 Å². The highest BCUT2D eigenvalue weighted by Gasteiger charge is 2.15. The number of likely N-dealkylation sites (N-methyl/N-ethyl adjacent to an activating group) is 1. The van der Waals surface area contributed by atoms with Gasteiger partial charge in [0.2, 0.25) is 5.91 Å². The Balaban J connectivity index is 2.01. The number of benzene rings is 2. The Morgan fingerprint density at radius 3 is 2.52 bits per heavy atom. The van der Waals surface area contributed by atoms with Gasteiger partial charge in [0.05, 0.1) is 20.3 Å². The van der Waals surface area contributed by atoms with E-state index >= 15 is 0 Å². The SMILES string of the molecule is COc1ccc(/C=C/C(=O)NCC(c2cccc(F)c2)N(C)C)cc1OC. The Labute approximate surface area is 159 Å². The van der Waals surface area contributed by atoms with E-state index in [1.165, 1.54) is 18.2 Å².